The van der Waals surface area contributed by atoms with E-state index in [2.05, 4.69) is 14.8 Å². The first-order valence-corrected chi connectivity index (χ1v) is 10.9. The van der Waals surface area contributed by atoms with E-state index in [-0.39, 0.29) is 29.9 Å². The van der Waals surface area contributed by atoms with Crippen LogP contribution in [0, 0.1) is 18.6 Å². The van der Waals surface area contributed by atoms with Crippen LogP contribution in [0.5, 0.6) is 0 Å². The molecule has 1 unspecified atom stereocenters. The number of aromatic nitrogens is 3. The van der Waals surface area contributed by atoms with Gasteiger partial charge in [-0.3, -0.25) is 9.36 Å². The summed E-state index contributed by atoms with van der Waals surface area (Å²) >= 11 is 0. The largest absolute Gasteiger partial charge is 0.331 e. The van der Waals surface area contributed by atoms with E-state index in [0.717, 1.165) is 41.8 Å². The molecule has 8 heteroatoms. The predicted molar refractivity (Wildman–Crippen MR) is 115 cm³/mol. The minimum absolute atomic E-state index is 0.0285. The van der Waals surface area contributed by atoms with Gasteiger partial charge in [0, 0.05) is 24.9 Å². The Hall–Kier alpha value is -3.13. The molecule has 0 saturated heterocycles. The fourth-order valence-corrected chi connectivity index (χ4v) is 4.32. The van der Waals surface area contributed by atoms with Crippen molar-refractivity contribution in [3.63, 3.8) is 0 Å². The number of rotatable bonds is 5. The van der Waals surface area contributed by atoms with Gasteiger partial charge in [0.2, 0.25) is 5.91 Å². The number of nitrogens with two attached hydrogens (primary N) is 1. The average molecular weight is 437 g/mol. The number of benzene rings is 2. The summed E-state index contributed by atoms with van der Waals surface area (Å²) in [5, 5.41) is 8.79. The van der Waals surface area contributed by atoms with Crippen LogP contribution in [0.25, 0.3) is 5.69 Å². The lowest BCUT2D eigenvalue weighted by atomic mass is 10.0. The summed E-state index contributed by atoms with van der Waals surface area (Å²) in [7, 11) is 0. The molecule has 1 amide bonds. The smallest absolute Gasteiger partial charge is 0.224 e. The van der Waals surface area contributed by atoms with Crippen molar-refractivity contribution in [3.05, 3.63) is 76.4 Å². The third-order valence-corrected chi connectivity index (χ3v) is 6.22. The minimum atomic E-state index is -0.627. The summed E-state index contributed by atoms with van der Waals surface area (Å²) in [5.74, 6) is 0.973. The minimum Gasteiger partial charge on any atom is -0.331 e. The molecule has 1 aromatic heterocycles. The number of hydrogen-bond donors (Lipinski definition) is 1. The SMILES string of the molecule is Cc1cc(F)c(CC(N)CC(=O)N2Cc3ccccc3-n3c(nnc3C3CC3)C2)cc1F. The van der Waals surface area contributed by atoms with Crippen molar-refractivity contribution in [1.29, 1.82) is 0 Å². The van der Waals surface area contributed by atoms with Crippen LogP contribution in [0.1, 0.15) is 53.5 Å². The molecule has 1 fully saturated rings. The topological polar surface area (TPSA) is 77.0 Å². The molecule has 0 bridgehead atoms. The van der Waals surface area contributed by atoms with Crippen molar-refractivity contribution in [2.24, 2.45) is 5.73 Å². The molecular weight excluding hydrogens is 412 g/mol. The number of hydrogen-bond acceptors (Lipinski definition) is 4. The van der Waals surface area contributed by atoms with E-state index in [1.807, 2.05) is 24.3 Å². The molecule has 5 rings (SSSR count). The highest BCUT2D eigenvalue weighted by molar-refractivity contribution is 5.77. The molecule has 2 aromatic carbocycles. The van der Waals surface area contributed by atoms with E-state index < -0.39 is 17.7 Å². The lowest BCUT2D eigenvalue weighted by Crippen LogP contribution is -2.36. The van der Waals surface area contributed by atoms with Crippen molar-refractivity contribution in [3.8, 4) is 5.69 Å². The van der Waals surface area contributed by atoms with E-state index >= 15 is 0 Å². The Morgan fingerprint density at radius 2 is 1.94 bits per heavy atom. The lowest BCUT2D eigenvalue weighted by Gasteiger charge is -2.22. The highest BCUT2D eigenvalue weighted by Crippen LogP contribution is 2.41. The fraction of sp³-hybridized carbons (Fsp3) is 0.375. The second kappa shape index (κ2) is 8.09. The fourth-order valence-electron chi connectivity index (χ4n) is 4.32. The van der Waals surface area contributed by atoms with Gasteiger partial charge in [-0.25, -0.2) is 8.78 Å². The average Bonchev–Trinajstić information content (AvgIpc) is 3.54. The molecule has 0 radical (unpaired) electrons. The Morgan fingerprint density at radius 1 is 1.16 bits per heavy atom. The zero-order chi connectivity index (χ0) is 22.4. The summed E-state index contributed by atoms with van der Waals surface area (Å²) in [5.41, 5.74) is 8.63. The normalized spacial score (nSPS) is 16.3. The van der Waals surface area contributed by atoms with Gasteiger partial charge in [0.15, 0.2) is 5.82 Å². The van der Waals surface area contributed by atoms with Crippen LogP contribution in [0.2, 0.25) is 0 Å². The van der Waals surface area contributed by atoms with Gasteiger partial charge in [-0.2, -0.15) is 0 Å². The van der Waals surface area contributed by atoms with Crippen molar-refractivity contribution in [1.82, 2.24) is 19.7 Å². The van der Waals surface area contributed by atoms with Gasteiger partial charge in [-0.1, -0.05) is 18.2 Å². The number of aryl methyl sites for hydroxylation is 1. The molecule has 32 heavy (non-hydrogen) atoms. The second-order valence-corrected chi connectivity index (χ2v) is 8.82. The van der Waals surface area contributed by atoms with Crippen LogP contribution < -0.4 is 5.73 Å². The van der Waals surface area contributed by atoms with Gasteiger partial charge in [0.1, 0.15) is 17.5 Å². The molecule has 6 nitrogen and oxygen atoms in total. The molecule has 1 atom stereocenters. The van der Waals surface area contributed by atoms with E-state index in [1.54, 1.807) is 4.90 Å². The highest BCUT2D eigenvalue weighted by Gasteiger charge is 2.34. The molecule has 2 N–H and O–H groups in total. The quantitative estimate of drug-likeness (QED) is 0.663. The first-order chi connectivity index (χ1) is 15.4. The van der Waals surface area contributed by atoms with Gasteiger partial charge in [0.05, 0.1) is 12.2 Å². The first kappa shape index (κ1) is 20.8. The van der Waals surface area contributed by atoms with Crippen LogP contribution in [-0.4, -0.2) is 31.6 Å². The van der Waals surface area contributed by atoms with E-state index in [9.17, 15) is 13.6 Å². The zero-order valence-electron chi connectivity index (χ0n) is 17.9. The van der Waals surface area contributed by atoms with Gasteiger partial charge in [0.25, 0.3) is 0 Å². The van der Waals surface area contributed by atoms with Crippen molar-refractivity contribution in [2.45, 2.75) is 57.7 Å². The number of amides is 1. The number of carbonyl (C=O) groups excluding carboxylic acids is 1. The number of halogens is 2. The number of para-hydroxylation sites is 1. The highest BCUT2D eigenvalue weighted by atomic mass is 19.1. The van der Waals surface area contributed by atoms with Crippen LogP contribution in [0.4, 0.5) is 8.78 Å². The number of carbonyl (C=O) groups is 1. The monoisotopic (exact) mass is 437 g/mol. The van der Waals surface area contributed by atoms with Gasteiger partial charge < -0.3 is 10.6 Å². The molecule has 0 spiro atoms. The maximum absolute atomic E-state index is 14.2. The van der Waals surface area contributed by atoms with Crippen molar-refractivity contribution < 1.29 is 13.6 Å². The number of nitrogens with zero attached hydrogens (tertiary/aromatic N) is 4. The summed E-state index contributed by atoms with van der Waals surface area (Å²) in [6, 6.07) is 9.66. The first-order valence-electron chi connectivity index (χ1n) is 10.9. The third kappa shape index (κ3) is 3.90. The molecular formula is C24H25F2N5O. The van der Waals surface area contributed by atoms with Crippen molar-refractivity contribution in [2.75, 3.05) is 0 Å². The van der Waals surface area contributed by atoms with Crippen LogP contribution in [-0.2, 0) is 24.3 Å². The van der Waals surface area contributed by atoms with E-state index in [4.69, 9.17) is 5.73 Å². The van der Waals surface area contributed by atoms with Gasteiger partial charge in [-0.05, 0) is 61.1 Å². The Bertz CT molecular complexity index is 1190. The molecule has 2 heterocycles. The Labute approximate surface area is 185 Å². The summed E-state index contributed by atoms with van der Waals surface area (Å²) in [6.45, 7) is 2.27. The molecule has 3 aromatic rings. The maximum Gasteiger partial charge on any atom is 0.224 e. The molecule has 2 aliphatic rings. The van der Waals surface area contributed by atoms with Gasteiger partial charge in [-0.15, -0.1) is 10.2 Å². The Morgan fingerprint density at radius 3 is 2.72 bits per heavy atom. The van der Waals surface area contributed by atoms with Gasteiger partial charge >= 0.3 is 0 Å². The van der Waals surface area contributed by atoms with Crippen LogP contribution in [0.15, 0.2) is 36.4 Å². The summed E-state index contributed by atoms with van der Waals surface area (Å²) in [4.78, 5) is 14.9. The Balaban J connectivity index is 1.36. The van der Waals surface area contributed by atoms with Crippen LogP contribution in [0.3, 0.4) is 0 Å². The zero-order valence-corrected chi connectivity index (χ0v) is 17.9. The lowest BCUT2D eigenvalue weighted by molar-refractivity contribution is -0.132. The van der Waals surface area contributed by atoms with E-state index in [0.29, 0.717) is 19.0 Å². The molecule has 166 valence electrons. The summed E-state index contributed by atoms with van der Waals surface area (Å²) in [6.07, 6.45) is 2.32. The molecule has 1 saturated carbocycles. The van der Waals surface area contributed by atoms with Crippen LogP contribution >= 0.6 is 0 Å². The predicted octanol–water partition coefficient (Wildman–Crippen LogP) is 3.53. The Kier molecular flexibility index (Phi) is 5.25. The van der Waals surface area contributed by atoms with Crippen molar-refractivity contribution >= 4 is 5.91 Å². The van der Waals surface area contributed by atoms with E-state index in [1.165, 1.54) is 13.0 Å². The summed E-state index contributed by atoms with van der Waals surface area (Å²) < 4.78 is 30.1. The molecule has 1 aliphatic carbocycles. The third-order valence-electron chi connectivity index (χ3n) is 6.22. The maximum atomic E-state index is 14.2. The molecule has 1 aliphatic heterocycles. The second-order valence-electron chi connectivity index (χ2n) is 8.82. The number of fused-ring (bicyclic) bond motifs is 3. The standard InChI is InChI=1S/C24H25F2N5O/c1-14-8-20(26)17(10-19(14)25)9-18(27)11-23(32)30-12-16-4-2-3-5-21(16)31-22(13-30)28-29-24(31)15-6-7-15/h2-5,8,10,15,18H,6-7,9,11-13,27H2,1H3.